The van der Waals surface area contributed by atoms with Gasteiger partial charge in [-0.1, -0.05) is 12.1 Å². The zero-order valence-corrected chi connectivity index (χ0v) is 14.9. The van der Waals surface area contributed by atoms with Gasteiger partial charge < -0.3 is 14.9 Å². The summed E-state index contributed by atoms with van der Waals surface area (Å²) >= 11 is 0. The summed E-state index contributed by atoms with van der Waals surface area (Å²) in [5.74, 6) is 0.386. The molecule has 0 saturated carbocycles. The molecule has 6 heteroatoms. The highest BCUT2D eigenvalue weighted by molar-refractivity contribution is 5.96. The summed E-state index contributed by atoms with van der Waals surface area (Å²) in [7, 11) is 0. The van der Waals surface area contributed by atoms with Gasteiger partial charge in [0.25, 0.3) is 5.91 Å². The molecule has 0 aromatic heterocycles. The van der Waals surface area contributed by atoms with Crippen LogP contribution in [-0.2, 0) is 4.79 Å². The number of hydrogen-bond donors (Lipinski definition) is 1. The van der Waals surface area contributed by atoms with Crippen LogP contribution in [0.2, 0.25) is 0 Å². The molecule has 3 rings (SSSR count). The Morgan fingerprint density at radius 1 is 1.27 bits per heavy atom. The minimum absolute atomic E-state index is 0.0932. The van der Waals surface area contributed by atoms with E-state index in [-0.39, 0.29) is 30.4 Å². The molecule has 0 bridgehead atoms. The molecule has 2 saturated heterocycles. The number of unbranched alkanes of at least 4 members (excludes halogenated alkanes) is 1. The third-order valence-corrected chi connectivity index (χ3v) is 5.52. The summed E-state index contributed by atoms with van der Waals surface area (Å²) < 4.78 is 0. The largest absolute Gasteiger partial charge is 0.396 e. The Labute approximate surface area is 154 Å². The molecular formula is C20H25N3O3. The van der Waals surface area contributed by atoms with Crippen molar-refractivity contribution >= 4 is 11.8 Å². The van der Waals surface area contributed by atoms with Gasteiger partial charge in [-0.2, -0.15) is 5.26 Å². The van der Waals surface area contributed by atoms with Crippen molar-refractivity contribution in [2.24, 2.45) is 5.92 Å². The number of nitriles is 1. The molecule has 1 N–H and O–H groups in total. The van der Waals surface area contributed by atoms with Crippen molar-refractivity contribution in [1.82, 2.24) is 9.80 Å². The highest BCUT2D eigenvalue weighted by atomic mass is 16.3. The number of aliphatic hydroxyl groups excluding tert-OH is 1. The summed E-state index contributed by atoms with van der Waals surface area (Å²) in [6, 6.07) is 9.20. The van der Waals surface area contributed by atoms with Gasteiger partial charge in [-0.15, -0.1) is 0 Å². The summed E-state index contributed by atoms with van der Waals surface area (Å²) in [4.78, 5) is 29.0. The van der Waals surface area contributed by atoms with Gasteiger partial charge in [0.15, 0.2) is 0 Å². The number of piperidine rings is 2. The minimum Gasteiger partial charge on any atom is -0.396 e. The van der Waals surface area contributed by atoms with Crippen LogP contribution >= 0.6 is 0 Å². The molecule has 2 aliphatic heterocycles. The maximum atomic E-state index is 12.9. The number of benzene rings is 1. The van der Waals surface area contributed by atoms with Gasteiger partial charge in [-0.05, 0) is 43.7 Å². The quantitative estimate of drug-likeness (QED) is 0.816. The second kappa shape index (κ2) is 8.33. The molecule has 0 aliphatic carbocycles. The van der Waals surface area contributed by atoms with Gasteiger partial charge in [0.05, 0.1) is 17.2 Å². The highest BCUT2D eigenvalue weighted by Gasteiger charge is 2.40. The molecule has 6 nitrogen and oxygen atoms in total. The number of aliphatic hydroxyl groups is 1. The third kappa shape index (κ3) is 3.73. The molecular weight excluding hydrogens is 330 g/mol. The van der Waals surface area contributed by atoms with Gasteiger partial charge in [0.2, 0.25) is 5.91 Å². The monoisotopic (exact) mass is 355 g/mol. The van der Waals surface area contributed by atoms with Crippen molar-refractivity contribution < 1.29 is 14.7 Å². The molecule has 2 aliphatic rings. The van der Waals surface area contributed by atoms with Crippen molar-refractivity contribution in [2.45, 2.75) is 38.1 Å². The number of amides is 2. The molecule has 0 radical (unpaired) electrons. The first-order chi connectivity index (χ1) is 12.7. The summed E-state index contributed by atoms with van der Waals surface area (Å²) in [5, 5.41) is 18.2. The molecule has 2 heterocycles. The number of carbonyl (C=O) groups is 2. The Kier molecular flexibility index (Phi) is 5.89. The van der Waals surface area contributed by atoms with Crippen LogP contribution in [0.3, 0.4) is 0 Å². The topological polar surface area (TPSA) is 84.6 Å². The second-order valence-electron chi connectivity index (χ2n) is 7.08. The first kappa shape index (κ1) is 18.4. The molecule has 2 fully saturated rings. The van der Waals surface area contributed by atoms with E-state index in [0.29, 0.717) is 43.6 Å². The van der Waals surface area contributed by atoms with E-state index in [1.807, 2.05) is 9.80 Å². The Hall–Kier alpha value is -2.39. The SMILES string of the molecule is N#Cc1ccccc1C(=O)N1CCC2C(CCC(=O)N2CCCCO)C1. The Bertz CT molecular complexity index is 712. The summed E-state index contributed by atoms with van der Waals surface area (Å²) in [6.45, 7) is 2.07. The smallest absolute Gasteiger partial charge is 0.255 e. The maximum Gasteiger partial charge on any atom is 0.255 e. The average Bonchev–Trinajstić information content (AvgIpc) is 2.68. The van der Waals surface area contributed by atoms with E-state index < -0.39 is 0 Å². The molecule has 2 amide bonds. The fourth-order valence-electron chi connectivity index (χ4n) is 4.16. The molecule has 2 unspecified atom stereocenters. The predicted molar refractivity (Wildman–Crippen MR) is 96.2 cm³/mol. The lowest BCUT2D eigenvalue weighted by atomic mass is 9.83. The first-order valence-corrected chi connectivity index (χ1v) is 9.34. The van der Waals surface area contributed by atoms with Crippen LogP contribution in [0.5, 0.6) is 0 Å². The van der Waals surface area contributed by atoms with Crippen LogP contribution in [0.1, 0.15) is 48.0 Å². The van der Waals surface area contributed by atoms with Crippen LogP contribution in [0.15, 0.2) is 24.3 Å². The van der Waals surface area contributed by atoms with E-state index in [1.165, 1.54) is 0 Å². The van der Waals surface area contributed by atoms with Crippen molar-refractivity contribution in [3.05, 3.63) is 35.4 Å². The molecule has 1 aromatic carbocycles. The normalized spacial score (nSPS) is 22.7. The maximum absolute atomic E-state index is 12.9. The third-order valence-electron chi connectivity index (χ3n) is 5.52. The van der Waals surface area contributed by atoms with E-state index in [2.05, 4.69) is 6.07 Å². The average molecular weight is 355 g/mol. The van der Waals surface area contributed by atoms with Gasteiger partial charge in [-0.25, -0.2) is 0 Å². The number of fused-ring (bicyclic) bond motifs is 1. The molecule has 26 heavy (non-hydrogen) atoms. The molecule has 2 atom stereocenters. The highest BCUT2D eigenvalue weighted by Crippen LogP contribution is 2.32. The zero-order chi connectivity index (χ0) is 18.5. The van der Waals surface area contributed by atoms with E-state index in [9.17, 15) is 14.9 Å². The predicted octanol–water partition coefficient (Wildman–Crippen LogP) is 1.78. The first-order valence-electron chi connectivity index (χ1n) is 9.34. The fourth-order valence-corrected chi connectivity index (χ4v) is 4.16. The Morgan fingerprint density at radius 3 is 2.85 bits per heavy atom. The van der Waals surface area contributed by atoms with Crippen LogP contribution < -0.4 is 0 Å². The van der Waals surface area contributed by atoms with Crippen molar-refractivity contribution in [2.75, 3.05) is 26.2 Å². The lowest BCUT2D eigenvalue weighted by Crippen LogP contribution is -2.57. The molecule has 1 aromatic rings. The van der Waals surface area contributed by atoms with Gasteiger partial charge in [-0.3, -0.25) is 9.59 Å². The minimum atomic E-state index is -0.0932. The summed E-state index contributed by atoms with van der Waals surface area (Å²) in [5.41, 5.74) is 0.865. The number of carbonyl (C=O) groups excluding carboxylic acids is 2. The van der Waals surface area contributed by atoms with Gasteiger partial charge in [0, 0.05) is 38.7 Å². The molecule has 0 spiro atoms. The van der Waals surface area contributed by atoms with E-state index in [0.717, 1.165) is 19.3 Å². The molecule has 138 valence electrons. The lowest BCUT2D eigenvalue weighted by molar-refractivity contribution is -0.140. The van der Waals surface area contributed by atoms with Crippen LogP contribution in [0.25, 0.3) is 0 Å². The van der Waals surface area contributed by atoms with Crippen LogP contribution in [0, 0.1) is 17.2 Å². The lowest BCUT2D eigenvalue weighted by Gasteiger charge is -2.47. The number of rotatable bonds is 5. The number of likely N-dealkylation sites (tertiary alicyclic amines) is 2. The number of nitrogens with zero attached hydrogens (tertiary/aromatic N) is 3. The van der Waals surface area contributed by atoms with E-state index in [1.54, 1.807) is 24.3 Å². The summed E-state index contributed by atoms with van der Waals surface area (Å²) in [6.07, 6.45) is 3.62. The van der Waals surface area contributed by atoms with Crippen molar-refractivity contribution in [3.63, 3.8) is 0 Å². The van der Waals surface area contributed by atoms with Crippen LogP contribution in [0.4, 0.5) is 0 Å². The number of hydrogen-bond acceptors (Lipinski definition) is 4. The van der Waals surface area contributed by atoms with Crippen molar-refractivity contribution in [1.29, 1.82) is 5.26 Å². The van der Waals surface area contributed by atoms with E-state index in [4.69, 9.17) is 5.11 Å². The van der Waals surface area contributed by atoms with Gasteiger partial charge >= 0.3 is 0 Å². The van der Waals surface area contributed by atoms with Crippen molar-refractivity contribution in [3.8, 4) is 6.07 Å². The Morgan fingerprint density at radius 2 is 2.08 bits per heavy atom. The standard InChI is InChI=1S/C20H25N3O3/c21-13-15-5-1-2-6-17(15)20(26)22-11-9-18-16(14-22)7-8-19(25)23(18)10-3-4-12-24/h1-2,5-6,16,18,24H,3-4,7-12,14H2. The van der Waals surface area contributed by atoms with E-state index >= 15 is 0 Å². The zero-order valence-electron chi connectivity index (χ0n) is 14.9. The van der Waals surface area contributed by atoms with Crippen LogP contribution in [-0.4, -0.2) is 59.0 Å². The Balaban J connectivity index is 1.69. The fraction of sp³-hybridized carbons (Fsp3) is 0.550. The van der Waals surface area contributed by atoms with Gasteiger partial charge in [0.1, 0.15) is 0 Å². The second-order valence-corrected chi connectivity index (χ2v) is 7.08.